The van der Waals surface area contributed by atoms with E-state index in [2.05, 4.69) is 0 Å². The van der Waals surface area contributed by atoms with Crippen LogP contribution in [0.1, 0.15) is 27.1 Å². The number of rotatable bonds is 12. The monoisotopic (exact) mass is 502 g/mol. The van der Waals surface area contributed by atoms with E-state index >= 15 is 0 Å². The summed E-state index contributed by atoms with van der Waals surface area (Å²) in [6.45, 7) is -0.119. The number of aliphatic carboxylic acids is 2. The van der Waals surface area contributed by atoms with Gasteiger partial charge < -0.3 is 29.6 Å². The molecule has 3 atom stereocenters. The fourth-order valence-electron chi connectivity index (χ4n) is 3.60. The molecule has 0 aliphatic carbocycles. The van der Waals surface area contributed by atoms with Gasteiger partial charge in [-0.2, -0.15) is 0 Å². The summed E-state index contributed by atoms with van der Waals surface area (Å²) >= 11 is 0. The second-order valence-corrected chi connectivity index (χ2v) is 9.21. The van der Waals surface area contributed by atoms with Crippen molar-refractivity contribution >= 4 is 29.5 Å². The van der Waals surface area contributed by atoms with Crippen LogP contribution in [0.3, 0.4) is 0 Å². The Kier molecular flexibility index (Phi) is 8.47. The van der Waals surface area contributed by atoms with E-state index in [1.807, 2.05) is 0 Å². The number of likely N-dealkylation sites (N-methyl/N-ethyl adjacent to an activating group) is 1. The van der Waals surface area contributed by atoms with Crippen molar-refractivity contribution in [2.24, 2.45) is 0 Å². The number of carbonyl (C=O) groups is 5. The second kappa shape index (κ2) is 10.8. The van der Waals surface area contributed by atoms with Crippen LogP contribution in [0.4, 0.5) is 0 Å². The molecular formula is C25H28NO10+. The molecule has 2 aromatic rings. The van der Waals surface area contributed by atoms with E-state index in [1.54, 1.807) is 21.1 Å². The average Bonchev–Trinajstić information content (AvgIpc) is 2.81. The Morgan fingerprint density at radius 3 is 1.56 bits per heavy atom. The van der Waals surface area contributed by atoms with Gasteiger partial charge >= 0.3 is 17.9 Å². The first-order chi connectivity index (χ1) is 16.6. The molecule has 11 nitrogen and oxygen atoms in total. The van der Waals surface area contributed by atoms with Crippen molar-refractivity contribution in [3.8, 4) is 0 Å². The predicted molar refractivity (Wildman–Crippen MR) is 124 cm³/mol. The van der Waals surface area contributed by atoms with E-state index < -0.39 is 64.3 Å². The number of ketones is 2. The Balaban J connectivity index is 2.72. The van der Waals surface area contributed by atoms with Gasteiger partial charge in [-0.05, 0) is 0 Å². The number of carboxylic acids is 2. The van der Waals surface area contributed by atoms with Gasteiger partial charge in [0.1, 0.15) is 6.54 Å². The van der Waals surface area contributed by atoms with E-state index in [0.717, 1.165) is 24.3 Å². The molecule has 0 radical (unpaired) electrons. The first-order valence-corrected chi connectivity index (χ1v) is 10.8. The lowest BCUT2D eigenvalue weighted by molar-refractivity contribution is -0.873. The zero-order chi connectivity index (χ0) is 27.3. The lowest BCUT2D eigenvalue weighted by Gasteiger charge is -2.37. The number of hydrogen-bond donors (Lipinski definition) is 4. The van der Waals surface area contributed by atoms with E-state index in [4.69, 9.17) is 4.74 Å². The van der Waals surface area contributed by atoms with Crippen LogP contribution >= 0.6 is 0 Å². The molecule has 4 N–H and O–H groups in total. The number of quaternary nitrogens is 1. The van der Waals surface area contributed by atoms with Gasteiger partial charge in [-0.3, -0.25) is 14.4 Å². The molecule has 0 bridgehead atoms. The first kappa shape index (κ1) is 28.3. The van der Waals surface area contributed by atoms with Crippen LogP contribution < -0.4 is 0 Å². The molecule has 0 heterocycles. The van der Waals surface area contributed by atoms with Crippen LogP contribution in [0.2, 0.25) is 0 Å². The number of carbonyl (C=O) groups excluding carboxylic acids is 3. The summed E-state index contributed by atoms with van der Waals surface area (Å²) in [6.07, 6.45) is -2.20. The minimum Gasteiger partial charge on any atom is -0.481 e. The lowest BCUT2D eigenvalue weighted by Crippen LogP contribution is -2.72. The standard InChI is InChI=1S/C25H27NO10/c1-26(2,3)15-18(14-19(27)28)36-23(33)25(35,21(30)17-12-8-5-9-13-17)24(34,22(31)32)20(29)16-10-6-4-7-11-16/h4-13,18,34-35H,14-15H2,1-3H3,(H-,27,28,31,32)/p+1/t18-,24?,25?/m1/s1. The summed E-state index contributed by atoms with van der Waals surface area (Å²) in [6, 6.07) is 12.9. The van der Waals surface area contributed by atoms with Crippen molar-refractivity contribution in [3.63, 3.8) is 0 Å². The quantitative estimate of drug-likeness (QED) is 0.137. The summed E-state index contributed by atoms with van der Waals surface area (Å²) in [4.78, 5) is 63.7. The van der Waals surface area contributed by atoms with Crippen molar-refractivity contribution in [1.82, 2.24) is 0 Å². The molecule has 0 amide bonds. The van der Waals surface area contributed by atoms with Gasteiger partial charge in [0.2, 0.25) is 11.6 Å². The van der Waals surface area contributed by atoms with E-state index in [-0.39, 0.29) is 11.0 Å². The van der Waals surface area contributed by atoms with Crippen molar-refractivity contribution in [3.05, 3.63) is 71.8 Å². The third-order valence-corrected chi connectivity index (χ3v) is 5.29. The molecule has 2 rings (SSSR count). The topological polar surface area (TPSA) is 176 Å². The molecule has 0 aliphatic heterocycles. The van der Waals surface area contributed by atoms with E-state index in [1.165, 1.54) is 36.4 Å². The zero-order valence-electron chi connectivity index (χ0n) is 20.0. The molecule has 0 saturated carbocycles. The number of hydrogen-bond acceptors (Lipinski definition) is 8. The highest BCUT2D eigenvalue weighted by molar-refractivity contribution is 6.28. The van der Waals surface area contributed by atoms with Crippen LogP contribution in [0.25, 0.3) is 0 Å². The molecule has 2 aromatic carbocycles. The van der Waals surface area contributed by atoms with Gasteiger partial charge in [0.05, 0.1) is 27.6 Å². The molecule has 11 heteroatoms. The fraction of sp³-hybridized carbons (Fsp3) is 0.320. The Morgan fingerprint density at radius 2 is 1.19 bits per heavy atom. The Hall–Kier alpha value is -3.93. The largest absolute Gasteiger partial charge is 0.481 e. The van der Waals surface area contributed by atoms with Crippen LogP contribution in [0.15, 0.2) is 60.7 Å². The third kappa shape index (κ3) is 5.82. The third-order valence-electron chi connectivity index (χ3n) is 5.29. The smallest absolute Gasteiger partial charge is 0.351 e. The SMILES string of the molecule is C[N+](C)(C)C[C@@H](CC(=O)O)OC(=O)C(O)(C(=O)c1ccccc1)C(O)(C(=O)O)C(=O)c1ccccc1. The maximum absolute atomic E-state index is 13.4. The zero-order valence-corrected chi connectivity index (χ0v) is 20.0. The molecule has 0 aliphatic rings. The first-order valence-electron chi connectivity index (χ1n) is 10.8. The molecule has 0 spiro atoms. The van der Waals surface area contributed by atoms with Crippen molar-refractivity contribution in [1.29, 1.82) is 0 Å². The molecule has 192 valence electrons. The summed E-state index contributed by atoms with van der Waals surface area (Å²) in [5, 5.41) is 41.9. The van der Waals surface area contributed by atoms with Crippen LogP contribution in [-0.2, 0) is 19.1 Å². The Bertz CT molecular complexity index is 1140. The predicted octanol–water partition coefficient (Wildman–Crippen LogP) is 0.392. The summed E-state index contributed by atoms with van der Waals surface area (Å²) in [5.41, 5.74) is -8.82. The van der Waals surface area contributed by atoms with E-state index in [0.29, 0.717) is 0 Å². The normalized spacial score (nSPS) is 15.6. The average molecular weight is 502 g/mol. The highest BCUT2D eigenvalue weighted by atomic mass is 16.6. The second-order valence-electron chi connectivity index (χ2n) is 9.21. The van der Waals surface area contributed by atoms with Gasteiger partial charge in [-0.25, -0.2) is 9.59 Å². The molecule has 0 aromatic heterocycles. The maximum atomic E-state index is 13.4. The van der Waals surface area contributed by atoms with Gasteiger partial charge in [-0.15, -0.1) is 0 Å². The summed E-state index contributed by atoms with van der Waals surface area (Å²) in [5.74, 6) is -9.03. The Morgan fingerprint density at radius 1 is 0.778 bits per heavy atom. The van der Waals surface area contributed by atoms with Crippen molar-refractivity contribution < 1.29 is 53.6 Å². The van der Waals surface area contributed by atoms with Gasteiger partial charge in [0.15, 0.2) is 6.10 Å². The molecule has 0 saturated heterocycles. The number of benzene rings is 2. The van der Waals surface area contributed by atoms with Gasteiger partial charge in [0.25, 0.3) is 11.2 Å². The number of Topliss-reactive ketones (excluding diaryl/α,β-unsaturated/α-hetero) is 2. The minimum atomic E-state index is -4.03. The van der Waals surface area contributed by atoms with Gasteiger partial charge in [0, 0.05) is 11.1 Å². The summed E-state index contributed by atoms with van der Waals surface area (Å²) in [7, 11) is 4.95. The number of carboxylic acid groups (broad SMARTS) is 2. The van der Waals surface area contributed by atoms with E-state index in [9.17, 15) is 44.4 Å². The molecule has 2 unspecified atom stereocenters. The van der Waals surface area contributed by atoms with Crippen LogP contribution in [-0.4, -0.2) is 99.4 Å². The lowest BCUT2D eigenvalue weighted by atomic mass is 9.73. The minimum absolute atomic E-state index is 0.0857. The Labute approximate surface area is 206 Å². The number of ether oxygens (including phenoxy) is 1. The number of esters is 1. The van der Waals surface area contributed by atoms with Crippen LogP contribution in [0, 0.1) is 0 Å². The van der Waals surface area contributed by atoms with Crippen LogP contribution in [0.5, 0.6) is 0 Å². The molecular weight excluding hydrogens is 474 g/mol. The fourth-order valence-corrected chi connectivity index (χ4v) is 3.60. The highest BCUT2D eigenvalue weighted by Gasteiger charge is 2.70. The van der Waals surface area contributed by atoms with Crippen molar-refractivity contribution in [2.45, 2.75) is 23.7 Å². The molecule has 36 heavy (non-hydrogen) atoms. The number of aliphatic hydroxyl groups is 2. The summed E-state index contributed by atoms with van der Waals surface area (Å²) < 4.78 is 5.23. The number of nitrogens with zero attached hydrogens (tertiary/aromatic N) is 1. The molecule has 0 fully saturated rings. The highest BCUT2D eigenvalue weighted by Crippen LogP contribution is 2.33. The van der Waals surface area contributed by atoms with Gasteiger partial charge in [-0.1, -0.05) is 60.7 Å². The van der Waals surface area contributed by atoms with Crippen molar-refractivity contribution in [2.75, 3.05) is 27.7 Å². The maximum Gasteiger partial charge on any atom is 0.351 e.